The van der Waals surface area contributed by atoms with Gasteiger partial charge in [0.05, 0.1) is 17.6 Å². The van der Waals surface area contributed by atoms with Crippen molar-refractivity contribution < 1.29 is 0 Å². The molecule has 0 saturated heterocycles. The van der Waals surface area contributed by atoms with Crippen LogP contribution < -0.4 is 5.32 Å². The smallest absolute Gasteiger partial charge is 0.121 e. The molecule has 102 valence electrons. The number of nitrogens with one attached hydrogen (secondary N) is 2. The van der Waals surface area contributed by atoms with Crippen molar-refractivity contribution in [1.29, 1.82) is 0 Å². The minimum Gasteiger partial charge on any atom is -0.341 e. The standard InChI is InChI=1S/C17H19N3/c1-13(14-7-3-2-4-8-14)11-18-12-17-19-15-9-5-6-10-16(15)20-17/h2-10,13,18H,11-12H2,1H3,(H,19,20)/t13-/m1/s1. The molecule has 2 aromatic carbocycles. The Bertz CT molecular complexity index is 640. The second kappa shape index (κ2) is 5.88. The Labute approximate surface area is 119 Å². The summed E-state index contributed by atoms with van der Waals surface area (Å²) >= 11 is 0. The lowest BCUT2D eigenvalue weighted by Gasteiger charge is -2.12. The predicted octanol–water partition coefficient (Wildman–Crippen LogP) is 3.46. The fourth-order valence-electron chi connectivity index (χ4n) is 2.40. The Balaban J connectivity index is 1.57. The molecule has 1 atom stereocenters. The van der Waals surface area contributed by atoms with Crippen LogP contribution in [0.4, 0.5) is 0 Å². The van der Waals surface area contributed by atoms with E-state index in [1.807, 2.05) is 18.2 Å². The summed E-state index contributed by atoms with van der Waals surface area (Å²) in [5, 5.41) is 3.47. The van der Waals surface area contributed by atoms with Crippen molar-refractivity contribution in [2.45, 2.75) is 19.4 Å². The molecule has 0 aliphatic rings. The summed E-state index contributed by atoms with van der Waals surface area (Å²) in [5.74, 6) is 1.49. The third-order valence-electron chi connectivity index (χ3n) is 3.55. The largest absolute Gasteiger partial charge is 0.341 e. The molecule has 0 aliphatic heterocycles. The molecule has 0 amide bonds. The minimum atomic E-state index is 0.501. The van der Waals surface area contributed by atoms with E-state index in [0.717, 1.165) is 29.9 Å². The second-order valence-corrected chi connectivity index (χ2v) is 5.14. The van der Waals surface area contributed by atoms with Gasteiger partial charge in [0.1, 0.15) is 5.82 Å². The van der Waals surface area contributed by atoms with E-state index in [1.54, 1.807) is 0 Å². The zero-order valence-electron chi connectivity index (χ0n) is 11.6. The Morgan fingerprint density at radius 1 is 1.05 bits per heavy atom. The summed E-state index contributed by atoms with van der Waals surface area (Å²) in [6.45, 7) is 3.95. The molecular formula is C17H19N3. The van der Waals surface area contributed by atoms with Crippen molar-refractivity contribution in [2.24, 2.45) is 0 Å². The number of para-hydroxylation sites is 2. The van der Waals surface area contributed by atoms with E-state index in [1.165, 1.54) is 5.56 Å². The summed E-state index contributed by atoms with van der Waals surface area (Å²) in [4.78, 5) is 7.90. The summed E-state index contributed by atoms with van der Waals surface area (Å²) in [6, 6.07) is 18.7. The molecule has 2 N–H and O–H groups in total. The summed E-state index contributed by atoms with van der Waals surface area (Å²) in [5.41, 5.74) is 3.49. The van der Waals surface area contributed by atoms with Crippen LogP contribution in [0.3, 0.4) is 0 Å². The molecule has 0 fully saturated rings. The van der Waals surface area contributed by atoms with Crippen LogP contribution in [0, 0.1) is 0 Å². The lowest BCUT2D eigenvalue weighted by molar-refractivity contribution is 0.603. The SMILES string of the molecule is C[C@H](CNCc1nc2ccccc2[nH]1)c1ccccc1. The number of fused-ring (bicyclic) bond motifs is 1. The van der Waals surface area contributed by atoms with E-state index in [2.05, 4.69) is 58.6 Å². The van der Waals surface area contributed by atoms with Gasteiger partial charge in [-0.2, -0.15) is 0 Å². The van der Waals surface area contributed by atoms with Crippen LogP contribution >= 0.6 is 0 Å². The molecule has 0 spiro atoms. The van der Waals surface area contributed by atoms with Gasteiger partial charge < -0.3 is 10.3 Å². The number of aromatic amines is 1. The van der Waals surface area contributed by atoms with Crippen LogP contribution in [0.2, 0.25) is 0 Å². The van der Waals surface area contributed by atoms with Crippen LogP contribution in [-0.2, 0) is 6.54 Å². The van der Waals surface area contributed by atoms with Gasteiger partial charge in [0.2, 0.25) is 0 Å². The Morgan fingerprint density at radius 3 is 2.60 bits per heavy atom. The minimum absolute atomic E-state index is 0.501. The Hall–Kier alpha value is -2.13. The highest BCUT2D eigenvalue weighted by Crippen LogP contribution is 2.14. The normalized spacial score (nSPS) is 12.7. The monoisotopic (exact) mass is 265 g/mol. The van der Waals surface area contributed by atoms with Crippen molar-refractivity contribution in [3.63, 3.8) is 0 Å². The van der Waals surface area contributed by atoms with E-state index < -0.39 is 0 Å². The summed E-state index contributed by atoms with van der Waals surface area (Å²) < 4.78 is 0. The highest BCUT2D eigenvalue weighted by Gasteiger charge is 2.05. The van der Waals surface area contributed by atoms with Gasteiger partial charge in [-0.05, 0) is 23.6 Å². The molecule has 1 heterocycles. The topological polar surface area (TPSA) is 40.7 Å². The Kier molecular flexibility index (Phi) is 3.79. The number of H-pyrrole nitrogens is 1. The highest BCUT2D eigenvalue weighted by atomic mass is 15.0. The molecule has 20 heavy (non-hydrogen) atoms. The van der Waals surface area contributed by atoms with Gasteiger partial charge in [-0.15, -0.1) is 0 Å². The van der Waals surface area contributed by atoms with Gasteiger partial charge in [0.25, 0.3) is 0 Å². The number of nitrogens with zero attached hydrogens (tertiary/aromatic N) is 1. The van der Waals surface area contributed by atoms with Gasteiger partial charge in [0.15, 0.2) is 0 Å². The maximum atomic E-state index is 4.56. The number of imidazole rings is 1. The molecule has 3 heteroatoms. The number of benzene rings is 2. The quantitative estimate of drug-likeness (QED) is 0.741. The van der Waals surface area contributed by atoms with Crippen molar-refractivity contribution in [2.75, 3.05) is 6.54 Å². The molecule has 3 aromatic rings. The molecule has 0 radical (unpaired) electrons. The van der Waals surface area contributed by atoms with Crippen LogP contribution in [-0.4, -0.2) is 16.5 Å². The maximum absolute atomic E-state index is 4.56. The first-order chi connectivity index (χ1) is 9.83. The van der Waals surface area contributed by atoms with Crippen molar-refractivity contribution in [3.8, 4) is 0 Å². The average molecular weight is 265 g/mol. The van der Waals surface area contributed by atoms with E-state index in [4.69, 9.17) is 0 Å². The second-order valence-electron chi connectivity index (χ2n) is 5.14. The van der Waals surface area contributed by atoms with Gasteiger partial charge >= 0.3 is 0 Å². The van der Waals surface area contributed by atoms with E-state index in [9.17, 15) is 0 Å². The molecule has 1 aromatic heterocycles. The zero-order chi connectivity index (χ0) is 13.8. The number of hydrogen-bond acceptors (Lipinski definition) is 2. The molecule has 0 bridgehead atoms. The first-order valence-corrected chi connectivity index (χ1v) is 7.02. The lowest BCUT2D eigenvalue weighted by Crippen LogP contribution is -2.20. The third-order valence-corrected chi connectivity index (χ3v) is 3.55. The summed E-state index contributed by atoms with van der Waals surface area (Å²) in [7, 11) is 0. The molecule has 3 rings (SSSR count). The van der Waals surface area contributed by atoms with Gasteiger partial charge in [0, 0.05) is 6.54 Å². The fourth-order valence-corrected chi connectivity index (χ4v) is 2.40. The average Bonchev–Trinajstić information content (AvgIpc) is 2.90. The number of rotatable bonds is 5. The molecule has 3 nitrogen and oxygen atoms in total. The van der Waals surface area contributed by atoms with Crippen LogP contribution in [0.15, 0.2) is 54.6 Å². The Morgan fingerprint density at radius 2 is 1.80 bits per heavy atom. The van der Waals surface area contributed by atoms with Crippen molar-refractivity contribution in [1.82, 2.24) is 15.3 Å². The van der Waals surface area contributed by atoms with Gasteiger partial charge in [-0.1, -0.05) is 49.4 Å². The zero-order valence-corrected chi connectivity index (χ0v) is 11.6. The first-order valence-electron chi connectivity index (χ1n) is 7.02. The third kappa shape index (κ3) is 2.89. The predicted molar refractivity (Wildman–Crippen MR) is 82.7 cm³/mol. The lowest BCUT2D eigenvalue weighted by atomic mass is 10.0. The molecule has 0 aliphatic carbocycles. The number of hydrogen-bond donors (Lipinski definition) is 2. The van der Waals surface area contributed by atoms with Crippen LogP contribution in [0.1, 0.15) is 24.2 Å². The molecule has 0 unspecified atom stereocenters. The fraction of sp³-hybridized carbons (Fsp3) is 0.235. The number of aromatic nitrogens is 2. The van der Waals surface area contributed by atoms with E-state index >= 15 is 0 Å². The van der Waals surface area contributed by atoms with E-state index in [0.29, 0.717) is 5.92 Å². The first kappa shape index (κ1) is 12.9. The summed E-state index contributed by atoms with van der Waals surface area (Å²) in [6.07, 6.45) is 0. The van der Waals surface area contributed by atoms with Gasteiger partial charge in [-0.3, -0.25) is 0 Å². The maximum Gasteiger partial charge on any atom is 0.121 e. The van der Waals surface area contributed by atoms with Crippen LogP contribution in [0.25, 0.3) is 11.0 Å². The highest BCUT2D eigenvalue weighted by molar-refractivity contribution is 5.74. The van der Waals surface area contributed by atoms with Crippen molar-refractivity contribution in [3.05, 3.63) is 66.0 Å². The van der Waals surface area contributed by atoms with Gasteiger partial charge in [-0.25, -0.2) is 4.98 Å². The van der Waals surface area contributed by atoms with Crippen LogP contribution in [0.5, 0.6) is 0 Å². The molecular weight excluding hydrogens is 246 g/mol. The molecule has 0 saturated carbocycles. The van der Waals surface area contributed by atoms with Crippen molar-refractivity contribution >= 4 is 11.0 Å². The van der Waals surface area contributed by atoms with E-state index in [-0.39, 0.29) is 0 Å².